The van der Waals surface area contributed by atoms with Crippen LogP contribution in [0.1, 0.15) is 72.6 Å². The van der Waals surface area contributed by atoms with Crippen molar-refractivity contribution in [2.24, 2.45) is 5.41 Å². The summed E-state index contributed by atoms with van der Waals surface area (Å²) in [4.78, 5) is 2.63. The predicted octanol–water partition coefficient (Wildman–Crippen LogP) is 3.42. The average molecular weight is 299 g/mol. The van der Waals surface area contributed by atoms with Crippen molar-refractivity contribution < 1.29 is 5.11 Å². The van der Waals surface area contributed by atoms with Gasteiger partial charge in [0.25, 0.3) is 0 Å². The number of piperidine rings is 1. The first-order chi connectivity index (χ1) is 9.97. The zero-order valence-corrected chi connectivity index (χ0v) is 14.9. The third-order valence-corrected chi connectivity index (χ3v) is 5.52. The van der Waals surface area contributed by atoms with E-state index in [4.69, 9.17) is 0 Å². The molecule has 1 aliphatic heterocycles. The molecule has 126 valence electrons. The first-order valence-electron chi connectivity index (χ1n) is 9.05. The molecule has 3 nitrogen and oxygen atoms in total. The Balaban J connectivity index is 2.16. The van der Waals surface area contributed by atoms with E-state index in [0.717, 1.165) is 19.4 Å². The van der Waals surface area contributed by atoms with Crippen molar-refractivity contribution in [1.29, 1.82) is 0 Å². The second-order valence-electron chi connectivity index (χ2n) is 7.61. The third-order valence-electron chi connectivity index (χ3n) is 5.52. The molecule has 1 unspecified atom stereocenters. The van der Waals surface area contributed by atoms with Gasteiger partial charge in [-0.1, -0.05) is 33.6 Å². The average Bonchev–Trinajstić information content (AvgIpc) is 2.51. The maximum atomic E-state index is 9.57. The van der Waals surface area contributed by atoms with Gasteiger partial charge < -0.3 is 15.3 Å². The van der Waals surface area contributed by atoms with Gasteiger partial charge in [0, 0.05) is 5.54 Å². The van der Waals surface area contributed by atoms with Crippen molar-refractivity contribution in [2.45, 2.75) is 78.2 Å². The molecule has 2 N–H and O–H groups in total. The van der Waals surface area contributed by atoms with E-state index in [2.05, 4.69) is 37.9 Å². The second-order valence-corrected chi connectivity index (χ2v) is 7.61. The van der Waals surface area contributed by atoms with E-state index in [1.807, 2.05) is 0 Å². The highest BCUT2D eigenvalue weighted by Crippen LogP contribution is 2.33. The minimum atomic E-state index is -0.0846. The van der Waals surface area contributed by atoms with Crippen LogP contribution in [0.15, 0.2) is 0 Å². The van der Waals surface area contributed by atoms with E-state index in [1.54, 1.807) is 0 Å². The summed E-state index contributed by atoms with van der Waals surface area (Å²) < 4.78 is 0. The molecule has 1 heterocycles. The first kappa shape index (κ1) is 18.9. The van der Waals surface area contributed by atoms with Gasteiger partial charge in [0.1, 0.15) is 0 Å². The molecule has 0 spiro atoms. The molecule has 1 aliphatic rings. The van der Waals surface area contributed by atoms with Crippen molar-refractivity contribution in [1.82, 2.24) is 10.2 Å². The summed E-state index contributed by atoms with van der Waals surface area (Å²) in [6, 6.07) is 0. The van der Waals surface area contributed by atoms with Crippen LogP contribution in [0.3, 0.4) is 0 Å². The summed E-state index contributed by atoms with van der Waals surface area (Å²) in [6.07, 6.45) is 8.69. The summed E-state index contributed by atoms with van der Waals surface area (Å²) in [5.41, 5.74) is 0.509. The number of aliphatic hydroxyl groups excluding tert-OH is 1. The van der Waals surface area contributed by atoms with Gasteiger partial charge in [0.15, 0.2) is 0 Å². The molecular formula is C18H38N2O. The van der Waals surface area contributed by atoms with Crippen LogP contribution in [0.5, 0.6) is 0 Å². The minimum absolute atomic E-state index is 0.0846. The SMILES string of the molecule is CCCNC(C)(CO)CCCCN1CCC(C)(CC)CC1. The van der Waals surface area contributed by atoms with E-state index in [9.17, 15) is 5.11 Å². The summed E-state index contributed by atoms with van der Waals surface area (Å²) in [5.74, 6) is 0. The molecule has 0 amide bonds. The molecule has 3 heteroatoms. The van der Waals surface area contributed by atoms with Crippen LogP contribution in [0, 0.1) is 5.41 Å². The van der Waals surface area contributed by atoms with Crippen LogP contribution in [-0.2, 0) is 0 Å². The fourth-order valence-corrected chi connectivity index (χ4v) is 3.17. The van der Waals surface area contributed by atoms with E-state index >= 15 is 0 Å². The smallest absolute Gasteiger partial charge is 0.0610 e. The Labute approximate surface area is 132 Å². The van der Waals surface area contributed by atoms with Crippen molar-refractivity contribution >= 4 is 0 Å². The largest absolute Gasteiger partial charge is 0.394 e. The Hall–Kier alpha value is -0.120. The zero-order chi connectivity index (χ0) is 15.8. The lowest BCUT2D eigenvalue weighted by Crippen LogP contribution is -2.46. The summed E-state index contributed by atoms with van der Waals surface area (Å²) in [6.45, 7) is 14.1. The predicted molar refractivity (Wildman–Crippen MR) is 91.7 cm³/mol. The molecule has 0 aliphatic carbocycles. The highest BCUT2D eigenvalue weighted by Gasteiger charge is 2.28. The maximum absolute atomic E-state index is 9.57. The van der Waals surface area contributed by atoms with Gasteiger partial charge in [0.2, 0.25) is 0 Å². The number of unbranched alkanes of at least 4 members (excludes halogenated alkanes) is 1. The standard InChI is InChI=1S/C18H38N2O/c1-5-12-19-18(4,16-21)9-7-8-13-20-14-10-17(3,6-2)11-15-20/h19,21H,5-16H2,1-4H3. The summed E-state index contributed by atoms with van der Waals surface area (Å²) in [7, 11) is 0. The zero-order valence-electron chi connectivity index (χ0n) is 14.9. The molecule has 21 heavy (non-hydrogen) atoms. The Morgan fingerprint density at radius 1 is 1.19 bits per heavy atom. The quantitative estimate of drug-likeness (QED) is 0.607. The van der Waals surface area contributed by atoms with Gasteiger partial charge in [-0.2, -0.15) is 0 Å². The molecule has 0 aromatic heterocycles. The van der Waals surface area contributed by atoms with Gasteiger partial charge in [-0.05, 0) is 70.6 Å². The number of aliphatic hydroxyl groups is 1. The van der Waals surface area contributed by atoms with Crippen molar-refractivity contribution in [2.75, 3.05) is 32.8 Å². The lowest BCUT2D eigenvalue weighted by Gasteiger charge is -2.39. The number of nitrogens with one attached hydrogen (secondary N) is 1. The molecule has 0 aromatic carbocycles. The number of hydrogen-bond acceptors (Lipinski definition) is 3. The van der Waals surface area contributed by atoms with Gasteiger partial charge in [-0.15, -0.1) is 0 Å². The number of nitrogens with zero attached hydrogens (tertiary/aromatic N) is 1. The Bertz CT molecular complexity index is 274. The number of likely N-dealkylation sites (tertiary alicyclic amines) is 1. The normalized spacial score (nSPS) is 22.1. The number of rotatable bonds is 10. The van der Waals surface area contributed by atoms with Crippen molar-refractivity contribution in [3.63, 3.8) is 0 Å². The van der Waals surface area contributed by atoms with Crippen LogP contribution in [0.2, 0.25) is 0 Å². The molecule has 0 aromatic rings. The molecule has 1 fully saturated rings. The molecule has 0 radical (unpaired) electrons. The van der Waals surface area contributed by atoms with Crippen LogP contribution < -0.4 is 5.32 Å². The van der Waals surface area contributed by atoms with Gasteiger partial charge in [-0.25, -0.2) is 0 Å². The molecule has 0 saturated carbocycles. The number of hydrogen-bond donors (Lipinski definition) is 2. The van der Waals surface area contributed by atoms with E-state index in [1.165, 1.54) is 51.7 Å². The van der Waals surface area contributed by atoms with Crippen LogP contribution in [0.4, 0.5) is 0 Å². The van der Waals surface area contributed by atoms with Crippen molar-refractivity contribution in [3.8, 4) is 0 Å². The molecule has 0 bridgehead atoms. The Morgan fingerprint density at radius 3 is 2.38 bits per heavy atom. The third kappa shape index (κ3) is 6.66. The summed E-state index contributed by atoms with van der Waals surface area (Å²) in [5, 5.41) is 13.1. The second kappa shape index (κ2) is 9.12. The maximum Gasteiger partial charge on any atom is 0.0610 e. The fourth-order valence-electron chi connectivity index (χ4n) is 3.17. The van der Waals surface area contributed by atoms with Gasteiger partial charge in [0.05, 0.1) is 6.61 Å². The first-order valence-corrected chi connectivity index (χ1v) is 9.05. The minimum Gasteiger partial charge on any atom is -0.394 e. The molecule has 1 rings (SSSR count). The van der Waals surface area contributed by atoms with Crippen LogP contribution in [-0.4, -0.2) is 48.3 Å². The molecule has 1 saturated heterocycles. The van der Waals surface area contributed by atoms with E-state index < -0.39 is 0 Å². The van der Waals surface area contributed by atoms with Gasteiger partial charge in [-0.3, -0.25) is 0 Å². The monoisotopic (exact) mass is 298 g/mol. The van der Waals surface area contributed by atoms with Crippen LogP contribution >= 0.6 is 0 Å². The highest BCUT2D eigenvalue weighted by molar-refractivity contribution is 4.83. The fraction of sp³-hybridized carbons (Fsp3) is 1.00. The highest BCUT2D eigenvalue weighted by atomic mass is 16.3. The lowest BCUT2D eigenvalue weighted by atomic mass is 9.78. The Kier molecular flexibility index (Phi) is 8.22. The van der Waals surface area contributed by atoms with E-state index in [0.29, 0.717) is 5.41 Å². The lowest BCUT2D eigenvalue weighted by molar-refractivity contribution is 0.111. The van der Waals surface area contributed by atoms with Crippen molar-refractivity contribution in [3.05, 3.63) is 0 Å². The molecular weight excluding hydrogens is 260 g/mol. The Morgan fingerprint density at radius 2 is 1.86 bits per heavy atom. The summed E-state index contributed by atoms with van der Waals surface area (Å²) >= 11 is 0. The molecule has 1 atom stereocenters. The topological polar surface area (TPSA) is 35.5 Å². The van der Waals surface area contributed by atoms with Gasteiger partial charge >= 0.3 is 0 Å². The van der Waals surface area contributed by atoms with E-state index in [-0.39, 0.29) is 12.1 Å². The van der Waals surface area contributed by atoms with Crippen LogP contribution in [0.25, 0.3) is 0 Å².